The fraction of sp³-hybridized carbons (Fsp3) is 0.353. The van der Waals surface area contributed by atoms with Gasteiger partial charge in [0.15, 0.2) is 0 Å². The molecule has 1 amide bonds. The fourth-order valence-corrected chi connectivity index (χ4v) is 3.07. The van der Waals surface area contributed by atoms with Crippen LogP contribution in [0.25, 0.3) is 0 Å². The van der Waals surface area contributed by atoms with E-state index in [0.29, 0.717) is 6.54 Å². The number of aliphatic carboxylic acids is 1. The first kappa shape index (κ1) is 18.0. The van der Waals surface area contributed by atoms with Gasteiger partial charge < -0.3 is 10.0 Å². The Kier molecular flexibility index (Phi) is 4.71. The molecular formula is C17H16F3N3O3. The van der Waals surface area contributed by atoms with E-state index in [1.54, 1.807) is 0 Å². The van der Waals surface area contributed by atoms with E-state index in [0.717, 1.165) is 10.5 Å². The van der Waals surface area contributed by atoms with Crippen LogP contribution in [-0.4, -0.2) is 50.9 Å². The highest BCUT2D eigenvalue weighted by Gasteiger charge is 2.53. The number of aromatic nitrogens is 2. The Hall–Kier alpha value is -2.84. The maximum absolute atomic E-state index is 13.0. The molecule has 2 aromatic rings. The van der Waals surface area contributed by atoms with E-state index < -0.39 is 43.0 Å². The molecule has 0 unspecified atom stereocenters. The van der Waals surface area contributed by atoms with Crippen molar-refractivity contribution in [3.05, 3.63) is 53.9 Å². The van der Waals surface area contributed by atoms with Crippen molar-refractivity contribution < 1.29 is 27.9 Å². The van der Waals surface area contributed by atoms with E-state index in [4.69, 9.17) is 5.11 Å². The molecule has 0 bridgehead atoms. The topological polar surface area (TPSA) is 75.4 Å². The Labute approximate surface area is 146 Å². The first-order valence-electron chi connectivity index (χ1n) is 7.91. The van der Waals surface area contributed by atoms with Gasteiger partial charge in [-0.15, -0.1) is 0 Å². The molecule has 0 spiro atoms. The third-order valence-electron chi connectivity index (χ3n) is 4.41. The van der Waals surface area contributed by atoms with Gasteiger partial charge in [0.1, 0.15) is 0 Å². The van der Waals surface area contributed by atoms with Gasteiger partial charge in [0.25, 0.3) is 5.91 Å². The van der Waals surface area contributed by atoms with Crippen LogP contribution in [0, 0.1) is 11.8 Å². The van der Waals surface area contributed by atoms with Gasteiger partial charge in [-0.1, -0.05) is 30.3 Å². The zero-order valence-electron chi connectivity index (χ0n) is 13.6. The predicted octanol–water partition coefficient (Wildman–Crippen LogP) is 2.27. The van der Waals surface area contributed by atoms with Gasteiger partial charge in [0.2, 0.25) is 0 Å². The maximum Gasteiger partial charge on any atom is 0.394 e. The number of rotatable bonds is 4. The number of carbonyl (C=O) groups excluding carboxylic acids is 1. The SMILES string of the molecule is O=C(O)[C@@H]1CN(C(=O)c2cnn(Cc3ccccc3)c2)C[C@H]1C(F)(F)F. The van der Waals surface area contributed by atoms with Crippen LogP contribution in [0.1, 0.15) is 15.9 Å². The number of carboxylic acids is 1. The van der Waals surface area contributed by atoms with Gasteiger partial charge in [-0.3, -0.25) is 14.3 Å². The number of carboxylic acid groups (broad SMARTS) is 1. The summed E-state index contributed by atoms with van der Waals surface area (Å²) in [5.41, 5.74) is 1.09. The van der Waals surface area contributed by atoms with E-state index in [1.807, 2.05) is 30.3 Å². The lowest BCUT2D eigenvalue weighted by Gasteiger charge is -2.18. The Balaban J connectivity index is 1.73. The lowest BCUT2D eigenvalue weighted by molar-refractivity contribution is -0.187. The summed E-state index contributed by atoms with van der Waals surface area (Å²) >= 11 is 0. The Morgan fingerprint density at radius 1 is 1.19 bits per heavy atom. The minimum atomic E-state index is -4.67. The average molecular weight is 367 g/mol. The molecule has 9 heteroatoms. The lowest BCUT2D eigenvalue weighted by atomic mass is 9.96. The number of halogens is 3. The molecule has 1 fully saturated rings. The van der Waals surface area contributed by atoms with Crippen molar-refractivity contribution in [3.8, 4) is 0 Å². The standard InChI is InChI=1S/C17H16F3N3O3/c18-17(19,20)14-10-22(9-13(14)16(25)26)15(24)12-6-21-23(8-12)7-11-4-2-1-3-5-11/h1-6,8,13-14H,7,9-10H2,(H,25,26)/t13-,14-/m1/s1. The van der Waals surface area contributed by atoms with Crippen molar-refractivity contribution in [3.63, 3.8) is 0 Å². The van der Waals surface area contributed by atoms with E-state index in [-0.39, 0.29) is 5.56 Å². The summed E-state index contributed by atoms with van der Waals surface area (Å²) in [6.45, 7) is -0.720. The van der Waals surface area contributed by atoms with Crippen LogP contribution in [0.3, 0.4) is 0 Å². The van der Waals surface area contributed by atoms with Crippen LogP contribution in [0.4, 0.5) is 13.2 Å². The molecule has 1 aliphatic heterocycles. The molecule has 1 aromatic heterocycles. The summed E-state index contributed by atoms with van der Waals surface area (Å²) in [6.07, 6.45) is -1.94. The second-order valence-electron chi connectivity index (χ2n) is 6.22. The van der Waals surface area contributed by atoms with Crippen LogP contribution in [0.5, 0.6) is 0 Å². The molecule has 0 aliphatic carbocycles. The molecule has 1 saturated heterocycles. The number of carbonyl (C=O) groups is 2. The predicted molar refractivity (Wildman–Crippen MR) is 84.3 cm³/mol. The van der Waals surface area contributed by atoms with E-state index in [9.17, 15) is 22.8 Å². The average Bonchev–Trinajstić information content (AvgIpc) is 3.22. The van der Waals surface area contributed by atoms with Crippen molar-refractivity contribution in [2.24, 2.45) is 11.8 Å². The normalized spacial score (nSPS) is 20.3. The summed E-state index contributed by atoms with van der Waals surface area (Å²) in [4.78, 5) is 24.5. The van der Waals surface area contributed by atoms with Crippen molar-refractivity contribution >= 4 is 11.9 Å². The Morgan fingerprint density at radius 2 is 1.88 bits per heavy atom. The van der Waals surface area contributed by atoms with Crippen molar-refractivity contribution in [2.75, 3.05) is 13.1 Å². The Bertz CT molecular complexity index is 804. The van der Waals surface area contributed by atoms with Gasteiger partial charge in [-0.2, -0.15) is 18.3 Å². The zero-order valence-corrected chi connectivity index (χ0v) is 13.6. The highest BCUT2D eigenvalue weighted by Crippen LogP contribution is 2.38. The molecular weight excluding hydrogens is 351 g/mol. The Morgan fingerprint density at radius 3 is 2.46 bits per heavy atom. The quantitative estimate of drug-likeness (QED) is 0.900. The summed E-state index contributed by atoms with van der Waals surface area (Å²) in [5, 5.41) is 13.1. The van der Waals surface area contributed by atoms with Crippen molar-refractivity contribution in [1.29, 1.82) is 0 Å². The number of amides is 1. The van der Waals surface area contributed by atoms with Crippen LogP contribution in [-0.2, 0) is 11.3 Å². The second kappa shape index (κ2) is 6.81. The minimum absolute atomic E-state index is 0.132. The molecule has 138 valence electrons. The molecule has 26 heavy (non-hydrogen) atoms. The van der Waals surface area contributed by atoms with Gasteiger partial charge >= 0.3 is 12.1 Å². The van der Waals surface area contributed by atoms with E-state index in [2.05, 4.69) is 5.10 Å². The fourth-order valence-electron chi connectivity index (χ4n) is 3.07. The molecule has 1 N–H and O–H groups in total. The third kappa shape index (κ3) is 3.71. The van der Waals surface area contributed by atoms with Crippen molar-refractivity contribution in [1.82, 2.24) is 14.7 Å². The van der Waals surface area contributed by atoms with E-state index >= 15 is 0 Å². The van der Waals surface area contributed by atoms with Gasteiger partial charge in [-0.05, 0) is 5.56 Å². The van der Waals surface area contributed by atoms with Crippen molar-refractivity contribution in [2.45, 2.75) is 12.7 Å². The smallest absolute Gasteiger partial charge is 0.394 e. The first-order valence-corrected chi connectivity index (χ1v) is 7.91. The third-order valence-corrected chi connectivity index (χ3v) is 4.41. The van der Waals surface area contributed by atoms with Crippen LogP contribution < -0.4 is 0 Å². The van der Waals surface area contributed by atoms with E-state index in [1.165, 1.54) is 17.1 Å². The lowest BCUT2D eigenvalue weighted by Crippen LogP contribution is -2.34. The summed E-state index contributed by atoms with van der Waals surface area (Å²) < 4.78 is 40.6. The second-order valence-corrected chi connectivity index (χ2v) is 6.22. The monoisotopic (exact) mass is 367 g/mol. The molecule has 1 aliphatic rings. The van der Waals surface area contributed by atoms with Gasteiger partial charge in [0.05, 0.1) is 30.1 Å². The van der Waals surface area contributed by atoms with Gasteiger partial charge in [-0.25, -0.2) is 0 Å². The molecule has 0 saturated carbocycles. The van der Waals surface area contributed by atoms with Gasteiger partial charge in [0, 0.05) is 19.3 Å². The number of likely N-dealkylation sites (tertiary alicyclic amines) is 1. The molecule has 2 atom stereocenters. The molecule has 0 radical (unpaired) electrons. The maximum atomic E-state index is 13.0. The molecule has 3 rings (SSSR count). The minimum Gasteiger partial charge on any atom is -0.481 e. The number of alkyl halides is 3. The zero-order chi connectivity index (χ0) is 18.9. The number of hydrogen-bond acceptors (Lipinski definition) is 3. The molecule has 6 nitrogen and oxygen atoms in total. The molecule has 1 aromatic carbocycles. The summed E-state index contributed by atoms with van der Waals surface area (Å²) in [7, 11) is 0. The number of hydrogen-bond donors (Lipinski definition) is 1. The first-order chi connectivity index (χ1) is 12.3. The van der Waals surface area contributed by atoms with Crippen LogP contribution in [0.2, 0.25) is 0 Å². The summed E-state index contributed by atoms with van der Waals surface area (Å²) in [5.74, 6) is -5.92. The number of benzene rings is 1. The van der Waals surface area contributed by atoms with Crippen LogP contribution in [0.15, 0.2) is 42.7 Å². The molecule has 2 heterocycles. The highest BCUT2D eigenvalue weighted by molar-refractivity contribution is 5.94. The number of nitrogens with zero attached hydrogens (tertiary/aromatic N) is 3. The van der Waals surface area contributed by atoms with Crippen LogP contribution >= 0.6 is 0 Å². The summed E-state index contributed by atoms with van der Waals surface area (Å²) in [6, 6.07) is 9.35. The highest BCUT2D eigenvalue weighted by atomic mass is 19.4. The largest absolute Gasteiger partial charge is 0.481 e.